The summed E-state index contributed by atoms with van der Waals surface area (Å²) in [6, 6.07) is 3.52. The molecule has 0 saturated heterocycles. The fourth-order valence-corrected chi connectivity index (χ4v) is 2.49. The SMILES string of the molecule is COc1cc2c(cc1OC)C(CC(=O)N(C)C)CC2=O. The van der Waals surface area contributed by atoms with Crippen LogP contribution in [0.25, 0.3) is 0 Å². The number of nitrogens with zero attached hydrogens (tertiary/aromatic N) is 1. The summed E-state index contributed by atoms with van der Waals surface area (Å²) in [6.07, 6.45) is 0.701. The number of benzene rings is 1. The molecule has 2 rings (SSSR count). The Kier molecular flexibility index (Phi) is 3.97. The Morgan fingerprint density at radius 1 is 1.25 bits per heavy atom. The predicted molar refractivity (Wildman–Crippen MR) is 74.5 cm³/mol. The Bertz CT molecular complexity index is 551. The normalized spacial score (nSPS) is 16.8. The molecule has 0 aliphatic heterocycles. The zero-order valence-electron chi connectivity index (χ0n) is 12.2. The Labute approximate surface area is 118 Å². The molecule has 1 unspecified atom stereocenters. The van der Waals surface area contributed by atoms with Crippen LogP contribution in [0.5, 0.6) is 11.5 Å². The van der Waals surface area contributed by atoms with Crippen LogP contribution < -0.4 is 9.47 Å². The van der Waals surface area contributed by atoms with Gasteiger partial charge in [0.15, 0.2) is 17.3 Å². The number of Topliss-reactive ketones (excluding diaryl/α,β-unsaturated/α-hetero) is 1. The van der Waals surface area contributed by atoms with E-state index < -0.39 is 0 Å². The van der Waals surface area contributed by atoms with E-state index in [1.807, 2.05) is 6.07 Å². The van der Waals surface area contributed by atoms with E-state index in [-0.39, 0.29) is 17.6 Å². The van der Waals surface area contributed by atoms with Gasteiger partial charge in [-0.25, -0.2) is 0 Å². The van der Waals surface area contributed by atoms with Gasteiger partial charge in [-0.05, 0) is 17.7 Å². The average molecular weight is 277 g/mol. The molecular weight excluding hydrogens is 258 g/mol. The van der Waals surface area contributed by atoms with Crippen LogP contribution in [-0.2, 0) is 4.79 Å². The summed E-state index contributed by atoms with van der Waals surface area (Å²) < 4.78 is 10.5. The number of fused-ring (bicyclic) bond motifs is 1. The Morgan fingerprint density at radius 2 is 1.85 bits per heavy atom. The number of carbonyl (C=O) groups is 2. The molecule has 0 heterocycles. The van der Waals surface area contributed by atoms with E-state index in [1.54, 1.807) is 32.2 Å². The second-order valence-electron chi connectivity index (χ2n) is 5.11. The van der Waals surface area contributed by atoms with Gasteiger partial charge < -0.3 is 14.4 Å². The van der Waals surface area contributed by atoms with Crippen LogP contribution in [0.1, 0.15) is 34.7 Å². The average Bonchev–Trinajstić information content (AvgIpc) is 2.73. The lowest BCUT2D eigenvalue weighted by molar-refractivity contribution is -0.129. The van der Waals surface area contributed by atoms with Crippen molar-refractivity contribution < 1.29 is 19.1 Å². The van der Waals surface area contributed by atoms with Crippen molar-refractivity contribution >= 4 is 11.7 Å². The van der Waals surface area contributed by atoms with Gasteiger partial charge in [0.1, 0.15) is 0 Å². The van der Waals surface area contributed by atoms with Crippen LogP contribution in [0.15, 0.2) is 12.1 Å². The largest absolute Gasteiger partial charge is 0.493 e. The molecule has 0 aromatic heterocycles. The minimum atomic E-state index is -0.0767. The van der Waals surface area contributed by atoms with E-state index in [9.17, 15) is 9.59 Å². The summed E-state index contributed by atoms with van der Waals surface area (Å²) >= 11 is 0. The summed E-state index contributed by atoms with van der Waals surface area (Å²) in [4.78, 5) is 25.5. The fraction of sp³-hybridized carbons (Fsp3) is 0.467. The number of amides is 1. The Balaban J connectivity index is 2.37. The maximum absolute atomic E-state index is 12.1. The zero-order chi connectivity index (χ0) is 14.9. The van der Waals surface area contributed by atoms with E-state index in [0.717, 1.165) is 5.56 Å². The first-order chi connectivity index (χ1) is 9.47. The van der Waals surface area contributed by atoms with Crippen molar-refractivity contribution in [3.8, 4) is 11.5 Å². The molecule has 0 radical (unpaired) electrons. The molecule has 1 aliphatic carbocycles. The van der Waals surface area contributed by atoms with E-state index in [2.05, 4.69) is 0 Å². The monoisotopic (exact) mass is 277 g/mol. The maximum Gasteiger partial charge on any atom is 0.222 e. The van der Waals surface area contributed by atoms with Crippen molar-refractivity contribution in [1.29, 1.82) is 0 Å². The fourth-order valence-electron chi connectivity index (χ4n) is 2.49. The topological polar surface area (TPSA) is 55.8 Å². The number of ketones is 1. The maximum atomic E-state index is 12.1. The van der Waals surface area contributed by atoms with Gasteiger partial charge in [-0.1, -0.05) is 0 Å². The first-order valence-electron chi connectivity index (χ1n) is 6.47. The molecule has 108 valence electrons. The number of ether oxygens (including phenoxy) is 2. The lowest BCUT2D eigenvalue weighted by Gasteiger charge is -2.16. The number of methoxy groups -OCH3 is 2. The first kappa shape index (κ1) is 14.4. The molecule has 0 bridgehead atoms. The number of hydrogen-bond donors (Lipinski definition) is 0. The quantitative estimate of drug-likeness (QED) is 0.843. The molecular formula is C15H19NO4. The van der Waals surface area contributed by atoms with Crippen molar-refractivity contribution in [3.05, 3.63) is 23.3 Å². The number of hydrogen-bond acceptors (Lipinski definition) is 4. The summed E-state index contributed by atoms with van der Waals surface area (Å²) in [5, 5.41) is 0. The standard InChI is InChI=1S/C15H19NO4/c1-16(2)15(18)6-9-5-12(17)11-8-14(20-4)13(19-3)7-10(9)11/h7-9H,5-6H2,1-4H3. The Hall–Kier alpha value is -2.04. The summed E-state index contributed by atoms with van der Waals surface area (Å²) in [5.41, 5.74) is 1.52. The second-order valence-corrected chi connectivity index (χ2v) is 5.11. The molecule has 1 amide bonds. The lowest BCUT2D eigenvalue weighted by atomic mass is 9.97. The van der Waals surface area contributed by atoms with Gasteiger partial charge in [0.05, 0.1) is 14.2 Å². The van der Waals surface area contributed by atoms with Gasteiger partial charge in [0.2, 0.25) is 5.91 Å². The summed E-state index contributed by atoms with van der Waals surface area (Å²) in [6.45, 7) is 0. The van der Waals surface area contributed by atoms with Crippen molar-refractivity contribution in [1.82, 2.24) is 4.90 Å². The predicted octanol–water partition coefficient (Wildman–Crippen LogP) is 1.85. The van der Waals surface area contributed by atoms with Crippen molar-refractivity contribution in [2.24, 2.45) is 0 Å². The van der Waals surface area contributed by atoms with Crippen molar-refractivity contribution in [2.45, 2.75) is 18.8 Å². The number of rotatable bonds is 4. The molecule has 0 spiro atoms. The molecule has 0 fully saturated rings. The van der Waals surface area contributed by atoms with Crippen LogP contribution in [0, 0.1) is 0 Å². The third kappa shape index (κ3) is 2.48. The van der Waals surface area contributed by atoms with Gasteiger partial charge >= 0.3 is 0 Å². The minimum Gasteiger partial charge on any atom is -0.493 e. The van der Waals surface area contributed by atoms with Crippen LogP contribution >= 0.6 is 0 Å². The molecule has 1 aromatic rings. The van der Waals surface area contributed by atoms with E-state index in [4.69, 9.17) is 9.47 Å². The van der Waals surface area contributed by atoms with Crippen molar-refractivity contribution in [2.75, 3.05) is 28.3 Å². The molecule has 0 saturated carbocycles. The van der Waals surface area contributed by atoms with Crippen LogP contribution in [0.4, 0.5) is 0 Å². The van der Waals surface area contributed by atoms with Crippen LogP contribution in [-0.4, -0.2) is 44.9 Å². The van der Waals surface area contributed by atoms with Gasteiger partial charge in [-0.2, -0.15) is 0 Å². The molecule has 5 heteroatoms. The Morgan fingerprint density at radius 3 is 2.40 bits per heavy atom. The highest BCUT2D eigenvalue weighted by Crippen LogP contribution is 2.41. The molecule has 1 atom stereocenters. The highest BCUT2D eigenvalue weighted by molar-refractivity contribution is 6.02. The van der Waals surface area contributed by atoms with E-state index in [0.29, 0.717) is 29.9 Å². The van der Waals surface area contributed by atoms with E-state index >= 15 is 0 Å². The highest BCUT2D eigenvalue weighted by atomic mass is 16.5. The molecule has 20 heavy (non-hydrogen) atoms. The summed E-state index contributed by atoms with van der Waals surface area (Å²) in [5.74, 6) is 1.12. The van der Waals surface area contributed by atoms with Gasteiger partial charge in [0.25, 0.3) is 0 Å². The van der Waals surface area contributed by atoms with Crippen LogP contribution in [0.2, 0.25) is 0 Å². The zero-order valence-corrected chi connectivity index (χ0v) is 12.2. The third-order valence-corrected chi connectivity index (χ3v) is 3.65. The van der Waals surface area contributed by atoms with Gasteiger partial charge in [-0.3, -0.25) is 9.59 Å². The first-order valence-corrected chi connectivity index (χ1v) is 6.47. The molecule has 1 aromatic carbocycles. The molecule has 0 N–H and O–H groups in total. The van der Waals surface area contributed by atoms with Gasteiger partial charge in [0, 0.05) is 38.4 Å². The minimum absolute atomic E-state index is 0.0189. The summed E-state index contributed by atoms with van der Waals surface area (Å²) in [7, 11) is 6.53. The van der Waals surface area contributed by atoms with Gasteiger partial charge in [-0.15, -0.1) is 0 Å². The highest BCUT2D eigenvalue weighted by Gasteiger charge is 2.32. The lowest BCUT2D eigenvalue weighted by Crippen LogP contribution is -2.23. The van der Waals surface area contributed by atoms with Crippen LogP contribution in [0.3, 0.4) is 0 Å². The van der Waals surface area contributed by atoms with Crippen molar-refractivity contribution in [3.63, 3.8) is 0 Å². The molecule has 1 aliphatic rings. The smallest absolute Gasteiger partial charge is 0.222 e. The number of carbonyl (C=O) groups excluding carboxylic acids is 2. The van der Waals surface area contributed by atoms with E-state index in [1.165, 1.54) is 7.11 Å². The second kappa shape index (κ2) is 5.53. The third-order valence-electron chi connectivity index (χ3n) is 3.65. The molecule has 5 nitrogen and oxygen atoms in total.